The molecule has 8 heteroatoms. The van der Waals surface area contributed by atoms with Crippen molar-refractivity contribution in [3.8, 4) is 0 Å². The molecule has 1 aromatic carbocycles. The lowest BCUT2D eigenvalue weighted by molar-refractivity contribution is -0.135. The maximum absolute atomic E-state index is 11.9. The highest BCUT2D eigenvalue weighted by molar-refractivity contribution is 7.90. The van der Waals surface area contributed by atoms with Gasteiger partial charge in [-0.2, -0.15) is 12.8 Å². The van der Waals surface area contributed by atoms with Crippen molar-refractivity contribution in [1.29, 1.82) is 5.41 Å². The number of fused-ring (bicyclic) bond motifs is 1. The number of rotatable bonds is 2. The monoisotopic (exact) mass is 289 g/mol. The Balaban J connectivity index is 2.71. The summed E-state index contributed by atoms with van der Waals surface area (Å²) in [6.45, 7) is 6.88. The summed E-state index contributed by atoms with van der Waals surface area (Å²) in [4.78, 5) is 14.5. The van der Waals surface area contributed by atoms with Gasteiger partial charge in [0.1, 0.15) is 11.3 Å². The third kappa shape index (κ3) is 2.01. The Morgan fingerprint density at radius 1 is 1.50 bits per heavy atom. The van der Waals surface area contributed by atoms with Crippen LogP contribution in [-0.2, 0) is 19.6 Å². The summed E-state index contributed by atoms with van der Waals surface area (Å²) in [7, 11) is -2.89. The molecule has 0 radical (unpaired) electrons. The lowest BCUT2D eigenvalue weighted by atomic mass is 10.0. The lowest BCUT2D eigenvalue weighted by Gasteiger charge is -2.03. The Kier molecular flexibility index (Phi) is 3.24. The summed E-state index contributed by atoms with van der Waals surface area (Å²) in [6.07, 6.45) is 0. The normalized spacial score (nSPS) is 14.5. The van der Waals surface area contributed by atoms with Gasteiger partial charge in [-0.1, -0.05) is 12.1 Å². The molecule has 0 aliphatic carbocycles. The van der Waals surface area contributed by atoms with Gasteiger partial charge in [-0.05, 0) is 11.9 Å². The number of ether oxygens (including phenoxy) is 1. The highest BCUT2D eigenvalue weighted by Crippen LogP contribution is 2.32. The van der Waals surface area contributed by atoms with Crippen molar-refractivity contribution in [2.75, 3.05) is 7.11 Å². The topological polar surface area (TPSA) is 101 Å². The number of methoxy groups -OCH3 is 1. The van der Waals surface area contributed by atoms with Crippen LogP contribution in [0.5, 0.6) is 0 Å². The Bertz CT molecular complexity index is 840. The molecule has 1 aliphatic rings. The molecule has 2 rings (SSSR count). The number of benzene rings is 1. The number of hydrogen-bond acceptors (Lipinski definition) is 5. The molecule has 1 aliphatic heterocycles. The van der Waals surface area contributed by atoms with Crippen LogP contribution in [0, 0.1) is 12.0 Å². The number of hydrogen-bond donors (Lipinski definition) is 1. The van der Waals surface area contributed by atoms with Crippen LogP contribution in [0.1, 0.15) is 5.56 Å². The van der Waals surface area contributed by atoms with E-state index in [1.165, 1.54) is 18.2 Å². The average molecular weight is 289 g/mol. The molecule has 20 heavy (non-hydrogen) atoms. The third-order valence-electron chi connectivity index (χ3n) is 2.59. The van der Waals surface area contributed by atoms with E-state index in [9.17, 15) is 13.2 Å². The molecule has 0 saturated carbocycles. The summed E-state index contributed by atoms with van der Waals surface area (Å²) in [5, 5.41) is 7.10. The van der Waals surface area contributed by atoms with E-state index >= 15 is 0 Å². The number of esters is 1. The van der Waals surface area contributed by atoms with E-state index in [4.69, 9.17) is 12.0 Å². The summed E-state index contributed by atoms with van der Waals surface area (Å²) in [5.74, 6) is 0.932. The highest BCUT2D eigenvalue weighted by atomic mass is 32.2. The summed E-state index contributed by atoms with van der Waals surface area (Å²) in [5.41, 5.74) is -0.288. The van der Waals surface area contributed by atoms with Gasteiger partial charge in [-0.15, -0.1) is 0 Å². The van der Waals surface area contributed by atoms with Crippen molar-refractivity contribution >= 4 is 33.3 Å². The molecule has 0 fully saturated rings. The van der Waals surface area contributed by atoms with Crippen molar-refractivity contribution in [1.82, 2.24) is 0 Å². The number of carbonyl (C=O) groups excluding carboxylic acids is 1. The van der Waals surface area contributed by atoms with Gasteiger partial charge in [0.2, 0.25) is 0 Å². The number of carbonyl (C=O) groups is 1. The SMILES string of the molecule is [C-]#[N+]c1ccc2c(c1)S(=O)(=O)N=C2C(=C=N)C(=O)OC. The number of nitrogens with zero attached hydrogens (tertiary/aromatic N) is 2. The maximum Gasteiger partial charge on any atom is 0.349 e. The predicted molar refractivity (Wildman–Crippen MR) is 69.7 cm³/mol. The Morgan fingerprint density at radius 2 is 2.20 bits per heavy atom. The van der Waals surface area contributed by atoms with E-state index < -0.39 is 16.0 Å². The molecule has 100 valence electrons. The van der Waals surface area contributed by atoms with Crippen LogP contribution in [0.3, 0.4) is 0 Å². The van der Waals surface area contributed by atoms with Crippen molar-refractivity contribution in [2.24, 2.45) is 4.40 Å². The van der Waals surface area contributed by atoms with Crippen molar-refractivity contribution in [3.05, 3.63) is 40.8 Å². The minimum atomic E-state index is -3.99. The Morgan fingerprint density at radius 3 is 2.75 bits per heavy atom. The van der Waals surface area contributed by atoms with Gasteiger partial charge >= 0.3 is 5.97 Å². The summed E-state index contributed by atoms with van der Waals surface area (Å²) in [6, 6.07) is 3.94. The second kappa shape index (κ2) is 4.74. The molecule has 0 atom stereocenters. The first kappa shape index (κ1) is 13.7. The van der Waals surface area contributed by atoms with Crippen LogP contribution in [-0.4, -0.2) is 33.1 Å². The molecule has 0 bridgehead atoms. The molecule has 0 saturated heterocycles. The smallest absolute Gasteiger partial charge is 0.349 e. The minimum Gasteiger partial charge on any atom is -0.465 e. The highest BCUT2D eigenvalue weighted by Gasteiger charge is 2.33. The Labute approximate surface area is 114 Å². The molecule has 1 aromatic rings. The first-order valence-corrected chi connectivity index (χ1v) is 6.64. The zero-order chi connectivity index (χ0) is 14.9. The second-order valence-electron chi connectivity index (χ2n) is 3.70. The maximum atomic E-state index is 11.9. The van der Waals surface area contributed by atoms with Crippen LogP contribution in [0.4, 0.5) is 5.69 Å². The van der Waals surface area contributed by atoms with E-state index in [1.807, 2.05) is 5.87 Å². The van der Waals surface area contributed by atoms with Gasteiger partial charge in [-0.3, -0.25) is 5.41 Å². The molecule has 0 unspecified atom stereocenters. The molecule has 1 N–H and O–H groups in total. The molecule has 0 spiro atoms. The van der Waals surface area contributed by atoms with Crippen LogP contribution in [0.2, 0.25) is 0 Å². The quantitative estimate of drug-likeness (QED) is 0.381. The number of sulfonamides is 1. The third-order valence-corrected chi connectivity index (χ3v) is 3.91. The van der Waals surface area contributed by atoms with Gasteiger partial charge in [-0.25, -0.2) is 9.64 Å². The van der Waals surface area contributed by atoms with Gasteiger partial charge in [0.25, 0.3) is 10.0 Å². The average Bonchev–Trinajstić information content (AvgIpc) is 2.71. The van der Waals surface area contributed by atoms with E-state index in [0.717, 1.165) is 7.11 Å². The largest absolute Gasteiger partial charge is 0.465 e. The van der Waals surface area contributed by atoms with Gasteiger partial charge in [0.05, 0.1) is 18.6 Å². The molecular weight excluding hydrogens is 282 g/mol. The van der Waals surface area contributed by atoms with E-state index in [2.05, 4.69) is 14.0 Å². The van der Waals surface area contributed by atoms with Gasteiger partial charge in [0.15, 0.2) is 5.69 Å². The Hall–Kier alpha value is -2.75. The summed E-state index contributed by atoms with van der Waals surface area (Å²) >= 11 is 0. The second-order valence-corrected chi connectivity index (χ2v) is 5.27. The zero-order valence-electron chi connectivity index (χ0n) is 10.2. The molecule has 0 amide bonds. The summed E-state index contributed by atoms with van der Waals surface area (Å²) < 4.78 is 31.8. The van der Waals surface area contributed by atoms with Crippen LogP contribution >= 0.6 is 0 Å². The number of nitrogens with one attached hydrogen (secondary N) is 1. The van der Waals surface area contributed by atoms with Crippen LogP contribution in [0.15, 0.2) is 33.1 Å². The van der Waals surface area contributed by atoms with Crippen LogP contribution < -0.4 is 0 Å². The lowest BCUT2D eigenvalue weighted by Crippen LogP contribution is -2.15. The molecule has 7 nitrogen and oxygen atoms in total. The van der Waals surface area contributed by atoms with Gasteiger partial charge in [0, 0.05) is 5.56 Å². The van der Waals surface area contributed by atoms with E-state index in [0.29, 0.717) is 0 Å². The first-order chi connectivity index (χ1) is 9.44. The minimum absolute atomic E-state index is 0.141. The first-order valence-electron chi connectivity index (χ1n) is 5.20. The molecular formula is C12H7N3O4S. The van der Waals surface area contributed by atoms with Crippen molar-refractivity contribution in [2.45, 2.75) is 4.90 Å². The fourth-order valence-corrected chi connectivity index (χ4v) is 2.94. The molecule has 0 aromatic heterocycles. The van der Waals surface area contributed by atoms with E-state index in [1.54, 1.807) is 0 Å². The van der Waals surface area contributed by atoms with Crippen molar-refractivity contribution < 1.29 is 17.9 Å². The van der Waals surface area contributed by atoms with E-state index in [-0.39, 0.29) is 27.4 Å². The zero-order valence-corrected chi connectivity index (χ0v) is 11.0. The predicted octanol–water partition coefficient (Wildman–Crippen LogP) is 1.08. The van der Waals surface area contributed by atoms with Gasteiger partial charge < -0.3 is 4.74 Å². The molecule has 1 heterocycles. The fraction of sp³-hybridized carbons (Fsp3) is 0.0833. The van der Waals surface area contributed by atoms with Crippen molar-refractivity contribution in [3.63, 3.8) is 0 Å². The standard InChI is InChI=1S/C12H7N3O4S/c1-14-7-3-4-8-10(5-7)20(17,18)15-11(8)9(6-13)12(16)19-2/h3-5,13H,2H3. The van der Waals surface area contributed by atoms with Crippen LogP contribution in [0.25, 0.3) is 4.85 Å². The fourth-order valence-electron chi connectivity index (χ4n) is 1.70.